The molecular weight excluding hydrogens is 96.0 g/mol. The molecule has 0 fully saturated rings. The van der Waals surface area contributed by atoms with Gasteiger partial charge in [-0.15, -0.1) is 0 Å². The fraction of sp³-hybridized carbons (Fsp3) is 0.250. The number of carbonyl (C=O) groups is 2. The van der Waals surface area contributed by atoms with Crippen molar-refractivity contribution in [3.63, 3.8) is 0 Å². The Labute approximate surface area is 40.3 Å². The molecule has 0 aliphatic carbocycles. The molecule has 0 unspecified atom stereocenters. The van der Waals surface area contributed by atoms with E-state index in [1.54, 1.807) is 0 Å². The van der Waals surface area contributed by atoms with Crippen molar-refractivity contribution in [2.45, 2.75) is 0 Å². The van der Waals surface area contributed by atoms with Crippen molar-refractivity contribution in [1.82, 2.24) is 0 Å². The molecule has 37 valence electrons. The highest BCUT2D eigenvalue weighted by Gasteiger charge is 2.00. The molecule has 0 saturated carbocycles. The van der Waals surface area contributed by atoms with Crippen molar-refractivity contribution < 1.29 is 14.4 Å². The second kappa shape index (κ2) is 3.21. The Balaban J connectivity index is 3.57. The molecule has 0 amide bonds. The first-order valence-corrected chi connectivity index (χ1v) is 1.63. The number of hydrogen-bond acceptors (Lipinski definition) is 3. The summed E-state index contributed by atoms with van der Waals surface area (Å²) in [7, 11) is 0. The van der Waals surface area contributed by atoms with Crippen LogP contribution in [0.2, 0.25) is 0 Å². The molecule has 0 N–H and O–H groups in total. The fourth-order valence-corrected chi connectivity index (χ4v) is 0.0876. The van der Waals surface area contributed by atoms with Crippen molar-refractivity contribution in [2.75, 3.05) is 0 Å². The van der Waals surface area contributed by atoms with E-state index in [9.17, 15) is 14.4 Å². The second-order valence-electron chi connectivity index (χ2n) is 0.916. The standard InChI is InChI=1S/C4H3O3/c5-1-4(2-6)3-7/h1-2,4H. The summed E-state index contributed by atoms with van der Waals surface area (Å²) in [5.74, 6) is -1.18. The summed E-state index contributed by atoms with van der Waals surface area (Å²) >= 11 is 0. The van der Waals surface area contributed by atoms with Gasteiger partial charge in [0.15, 0.2) is 0 Å². The van der Waals surface area contributed by atoms with Gasteiger partial charge in [-0.05, 0) is 0 Å². The molecule has 0 aromatic carbocycles. The number of rotatable bonds is 3. The van der Waals surface area contributed by atoms with E-state index in [4.69, 9.17) is 0 Å². The molecule has 0 aliphatic heterocycles. The van der Waals surface area contributed by atoms with Crippen LogP contribution in [-0.4, -0.2) is 18.9 Å². The molecule has 0 rings (SSSR count). The van der Waals surface area contributed by atoms with Crippen molar-refractivity contribution in [3.8, 4) is 0 Å². The first-order chi connectivity index (χ1) is 3.35. The van der Waals surface area contributed by atoms with Crippen LogP contribution in [0.4, 0.5) is 0 Å². The summed E-state index contributed by atoms with van der Waals surface area (Å²) in [5.41, 5.74) is 0. The first-order valence-electron chi connectivity index (χ1n) is 1.63. The van der Waals surface area contributed by atoms with Gasteiger partial charge in [-0.25, -0.2) is 0 Å². The molecule has 0 aromatic heterocycles. The Hall–Kier alpha value is -0.990. The third-order valence-electron chi connectivity index (χ3n) is 0.429. The first kappa shape index (κ1) is 6.01. The summed E-state index contributed by atoms with van der Waals surface area (Å²) in [5, 5.41) is 0. The minimum Gasteiger partial charge on any atom is -0.302 e. The molecule has 0 aromatic rings. The monoisotopic (exact) mass is 99.0 g/mol. The summed E-state index contributed by atoms with van der Waals surface area (Å²) in [6.45, 7) is 0. The molecule has 7 heavy (non-hydrogen) atoms. The summed E-state index contributed by atoms with van der Waals surface area (Å²) in [4.78, 5) is 28.3. The maximum absolute atomic E-state index is 9.47. The van der Waals surface area contributed by atoms with Gasteiger partial charge in [-0.2, -0.15) is 0 Å². The van der Waals surface area contributed by atoms with Crippen LogP contribution in [0, 0.1) is 5.92 Å². The molecule has 0 spiro atoms. The van der Waals surface area contributed by atoms with Crippen LogP contribution in [0.5, 0.6) is 0 Å². The topological polar surface area (TPSA) is 51.2 Å². The van der Waals surface area contributed by atoms with Gasteiger partial charge in [0.05, 0.1) is 0 Å². The average molecular weight is 99.1 g/mol. The minimum atomic E-state index is -1.18. The lowest BCUT2D eigenvalue weighted by atomic mass is 10.2. The van der Waals surface area contributed by atoms with Crippen molar-refractivity contribution in [3.05, 3.63) is 0 Å². The lowest BCUT2D eigenvalue weighted by Crippen LogP contribution is -2.02. The van der Waals surface area contributed by atoms with Crippen LogP contribution >= 0.6 is 0 Å². The third kappa shape index (κ3) is 1.81. The minimum absolute atomic E-state index is 0.236. The van der Waals surface area contributed by atoms with Crippen LogP contribution < -0.4 is 0 Å². The van der Waals surface area contributed by atoms with Gasteiger partial charge in [0.25, 0.3) is 0 Å². The van der Waals surface area contributed by atoms with Crippen LogP contribution in [0.25, 0.3) is 0 Å². The van der Waals surface area contributed by atoms with Crippen molar-refractivity contribution in [1.29, 1.82) is 0 Å². The SMILES string of the molecule is O=[C]C(C=O)C=O. The second-order valence-corrected chi connectivity index (χ2v) is 0.916. The van der Waals surface area contributed by atoms with E-state index < -0.39 is 5.92 Å². The third-order valence-corrected chi connectivity index (χ3v) is 0.429. The Morgan fingerprint density at radius 1 is 1.29 bits per heavy atom. The van der Waals surface area contributed by atoms with E-state index in [1.165, 1.54) is 6.29 Å². The molecule has 1 radical (unpaired) electrons. The maximum atomic E-state index is 9.47. The molecule has 3 nitrogen and oxygen atoms in total. The smallest absolute Gasteiger partial charge is 0.216 e. The van der Waals surface area contributed by atoms with Gasteiger partial charge in [-0.3, -0.25) is 4.79 Å². The van der Waals surface area contributed by atoms with E-state index in [-0.39, 0.29) is 12.6 Å². The van der Waals surface area contributed by atoms with E-state index >= 15 is 0 Å². The zero-order chi connectivity index (χ0) is 5.70. The molecule has 3 heteroatoms. The molecular formula is C4H3O3. The maximum Gasteiger partial charge on any atom is 0.216 e. The zero-order valence-corrected chi connectivity index (χ0v) is 3.46. The van der Waals surface area contributed by atoms with Crippen LogP contribution in [-0.2, 0) is 14.4 Å². The van der Waals surface area contributed by atoms with E-state index in [0.717, 1.165) is 0 Å². The summed E-state index contributed by atoms with van der Waals surface area (Å²) in [6, 6.07) is 0. The van der Waals surface area contributed by atoms with Crippen LogP contribution in [0.15, 0.2) is 0 Å². The Kier molecular flexibility index (Phi) is 2.76. The molecule has 0 aliphatic rings. The normalized spacial score (nSPS) is 8.14. The largest absolute Gasteiger partial charge is 0.302 e. The Bertz CT molecular complexity index is 67.9. The predicted octanol–water partition coefficient (Wildman–Crippen LogP) is -0.890. The van der Waals surface area contributed by atoms with Gasteiger partial charge in [-0.1, -0.05) is 0 Å². The van der Waals surface area contributed by atoms with E-state index in [2.05, 4.69) is 0 Å². The highest BCUT2D eigenvalue weighted by Crippen LogP contribution is 1.73. The van der Waals surface area contributed by atoms with Gasteiger partial charge >= 0.3 is 0 Å². The van der Waals surface area contributed by atoms with Gasteiger partial charge in [0.2, 0.25) is 6.29 Å². The predicted molar refractivity (Wildman–Crippen MR) is 21.3 cm³/mol. The van der Waals surface area contributed by atoms with Crippen LogP contribution in [0.3, 0.4) is 0 Å². The molecule has 0 saturated heterocycles. The molecule has 0 heterocycles. The summed E-state index contributed by atoms with van der Waals surface area (Å²) in [6.07, 6.45) is 1.69. The van der Waals surface area contributed by atoms with Crippen molar-refractivity contribution >= 4 is 18.9 Å². The van der Waals surface area contributed by atoms with Crippen molar-refractivity contribution in [2.24, 2.45) is 5.92 Å². The molecule has 0 atom stereocenters. The zero-order valence-electron chi connectivity index (χ0n) is 3.46. The lowest BCUT2D eigenvalue weighted by Gasteiger charge is -1.76. The van der Waals surface area contributed by atoms with E-state index in [1.807, 2.05) is 0 Å². The number of hydrogen-bond donors (Lipinski definition) is 0. The van der Waals surface area contributed by atoms with E-state index in [0.29, 0.717) is 0 Å². The highest BCUT2D eigenvalue weighted by molar-refractivity contribution is 5.95. The van der Waals surface area contributed by atoms with Gasteiger partial charge in [0.1, 0.15) is 18.5 Å². The van der Waals surface area contributed by atoms with Gasteiger partial charge < -0.3 is 9.59 Å². The Morgan fingerprint density at radius 2 is 1.71 bits per heavy atom. The molecule has 0 bridgehead atoms. The summed E-state index contributed by atoms with van der Waals surface area (Å²) < 4.78 is 0. The lowest BCUT2D eigenvalue weighted by molar-refractivity contribution is -0.116. The average Bonchev–Trinajstić information content (AvgIpc) is 1.72. The fourth-order valence-electron chi connectivity index (χ4n) is 0.0876. The Morgan fingerprint density at radius 3 is 1.71 bits per heavy atom. The van der Waals surface area contributed by atoms with Gasteiger partial charge in [0, 0.05) is 0 Å². The van der Waals surface area contributed by atoms with Crippen LogP contribution in [0.1, 0.15) is 0 Å². The quantitative estimate of drug-likeness (QED) is 0.340. The number of aldehydes is 2. The number of carbonyl (C=O) groups excluding carboxylic acids is 3. The highest BCUT2D eigenvalue weighted by atomic mass is 16.1.